The summed E-state index contributed by atoms with van der Waals surface area (Å²) in [5.41, 5.74) is -0.946. The van der Waals surface area contributed by atoms with Crippen LogP contribution in [0.2, 0.25) is 0 Å². The van der Waals surface area contributed by atoms with Crippen molar-refractivity contribution in [3.05, 3.63) is 29.8 Å². The molecule has 0 fully saturated rings. The molecule has 0 unspecified atom stereocenters. The number of aromatic nitrogens is 2. The van der Waals surface area contributed by atoms with Gasteiger partial charge in [0.15, 0.2) is 17.3 Å². The van der Waals surface area contributed by atoms with Gasteiger partial charge in [-0.1, -0.05) is 0 Å². The van der Waals surface area contributed by atoms with Gasteiger partial charge in [0.25, 0.3) is 0 Å². The van der Waals surface area contributed by atoms with Gasteiger partial charge >= 0.3 is 6.18 Å². The van der Waals surface area contributed by atoms with Gasteiger partial charge in [-0.3, -0.25) is 0 Å². The van der Waals surface area contributed by atoms with Gasteiger partial charge in [0, 0.05) is 13.2 Å². The molecule has 0 spiro atoms. The van der Waals surface area contributed by atoms with Crippen LogP contribution in [0.5, 0.6) is 0 Å². The summed E-state index contributed by atoms with van der Waals surface area (Å²) in [6.07, 6.45) is -3.55. The van der Waals surface area contributed by atoms with E-state index in [1.54, 1.807) is 12.1 Å². The Hall–Kier alpha value is -1.43. The standard InChI is InChI=1S/C10H8ClF3N2O/c1-16-5-8(10(12,13)14)15-9(16)7-3-2-6(4-11)17-7/h2-3,5H,4H2,1H3. The zero-order valence-electron chi connectivity index (χ0n) is 8.75. The van der Waals surface area contributed by atoms with Gasteiger partial charge in [0.1, 0.15) is 5.76 Å². The SMILES string of the molecule is Cn1cc(C(F)(F)F)nc1-c1ccc(CCl)o1. The predicted octanol–water partition coefficient (Wildman–Crippen LogP) is 3.44. The van der Waals surface area contributed by atoms with Crippen LogP contribution in [0.1, 0.15) is 11.5 Å². The number of aryl methyl sites for hydroxylation is 1. The Bertz CT molecular complexity index is 530. The average molecular weight is 265 g/mol. The second-order valence-electron chi connectivity index (χ2n) is 3.46. The molecule has 7 heteroatoms. The fourth-order valence-electron chi connectivity index (χ4n) is 1.40. The Kier molecular flexibility index (Phi) is 2.91. The monoisotopic (exact) mass is 264 g/mol. The van der Waals surface area contributed by atoms with Crippen LogP contribution in [0.3, 0.4) is 0 Å². The molecule has 3 nitrogen and oxygen atoms in total. The lowest BCUT2D eigenvalue weighted by Gasteiger charge is -1.98. The number of rotatable bonds is 2. The molecular formula is C10H8ClF3N2O. The molecule has 2 rings (SSSR count). The zero-order valence-corrected chi connectivity index (χ0v) is 9.51. The fraction of sp³-hybridized carbons (Fsp3) is 0.300. The van der Waals surface area contributed by atoms with E-state index in [4.69, 9.17) is 16.0 Å². The van der Waals surface area contributed by atoms with Crippen LogP contribution in [-0.4, -0.2) is 9.55 Å². The lowest BCUT2D eigenvalue weighted by atomic mass is 10.4. The van der Waals surface area contributed by atoms with E-state index < -0.39 is 11.9 Å². The first-order valence-electron chi connectivity index (χ1n) is 4.67. The molecule has 92 valence electrons. The Labute approximate surface area is 99.8 Å². The Morgan fingerprint density at radius 3 is 2.59 bits per heavy atom. The van der Waals surface area contributed by atoms with Crippen molar-refractivity contribution in [2.24, 2.45) is 7.05 Å². The third-order valence-corrected chi connectivity index (χ3v) is 2.44. The highest BCUT2D eigenvalue weighted by Gasteiger charge is 2.34. The number of imidazole rings is 1. The van der Waals surface area contributed by atoms with Crippen LogP contribution in [0, 0.1) is 0 Å². The molecule has 0 atom stereocenters. The van der Waals surface area contributed by atoms with E-state index in [0.29, 0.717) is 5.76 Å². The first-order chi connectivity index (χ1) is 7.91. The maximum atomic E-state index is 12.4. The van der Waals surface area contributed by atoms with E-state index in [2.05, 4.69) is 4.98 Å². The molecule has 2 heterocycles. The molecule has 0 bridgehead atoms. The van der Waals surface area contributed by atoms with E-state index in [-0.39, 0.29) is 17.5 Å². The molecule has 2 aromatic heterocycles. The summed E-state index contributed by atoms with van der Waals surface area (Å²) < 4.78 is 43.8. The number of hydrogen-bond donors (Lipinski definition) is 0. The topological polar surface area (TPSA) is 31.0 Å². The summed E-state index contributed by atoms with van der Waals surface area (Å²) in [4.78, 5) is 3.50. The minimum atomic E-state index is -4.46. The maximum absolute atomic E-state index is 12.4. The predicted molar refractivity (Wildman–Crippen MR) is 55.5 cm³/mol. The van der Waals surface area contributed by atoms with Gasteiger partial charge in [-0.2, -0.15) is 13.2 Å². The lowest BCUT2D eigenvalue weighted by Crippen LogP contribution is -2.04. The summed E-state index contributed by atoms with van der Waals surface area (Å²) >= 11 is 5.54. The number of furan rings is 1. The van der Waals surface area contributed by atoms with E-state index in [9.17, 15) is 13.2 Å². The molecule has 0 N–H and O–H groups in total. The summed E-state index contributed by atoms with van der Waals surface area (Å²) in [5.74, 6) is 1.03. The number of alkyl halides is 4. The molecule has 0 aliphatic carbocycles. The highest BCUT2D eigenvalue weighted by molar-refractivity contribution is 6.16. The Morgan fingerprint density at radius 2 is 2.12 bits per heavy atom. The van der Waals surface area contributed by atoms with Crippen molar-refractivity contribution in [3.8, 4) is 11.6 Å². The smallest absolute Gasteiger partial charge is 0.434 e. The molecule has 0 saturated carbocycles. The van der Waals surface area contributed by atoms with Gasteiger partial charge in [0.2, 0.25) is 0 Å². The lowest BCUT2D eigenvalue weighted by molar-refractivity contribution is -0.140. The van der Waals surface area contributed by atoms with Crippen molar-refractivity contribution in [2.75, 3.05) is 0 Å². The van der Waals surface area contributed by atoms with Crippen molar-refractivity contribution in [1.82, 2.24) is 9.55 Å². The summed E-state index contributed by atoms with van der Waals surface area (Å²) in [7, 11) is 1.47. The molecular weight excluding hydrogens is 257 g/mol. The third kappa shape index (κ3) is 2.31. The van der Waals surface area contributed by atoms with E-state index >= 15 is 0 Å². The molecule has 0 amide bonds. The Balaban J connectivity index is 2.42. The van der Waals surface area contributed by atoms with Crippen molar-refractivity contribution in [1.29, 1.82) is 0 Å². The van der Waals surface area contributed by atoms with Crippen LogP contribution < -0.4 is 0 Å². The van der Waals surface area contributed by atoms with Crippen LogP contribution in [0.4, 0.5) is 13.2 Å². The molecule has 0 aliphatic heterocycles. The molecule has 0 aliphatic rings. The summed E-state index contributed by atoms with van der Waals surface area (Å²) in [6.45, 7) is 0. The maximum Gasteiger partial charge on any atom is 0.434 e. The quantitative estimate of drug-likeness (QED) is 0.778. The van der Waals surface area contributed by atoms with Crippen molar-refractivity contribution < 1.29 is 17.6 Å². The fourth-order valence-corrected chi connectivity index (χ4v) is 1.55. The minimum Gasteiger partial charge on any atom is -0.457 e. The van der Waals surface area contributed by atoms with Crippen molar-refractivity contribution in [3.63, 3.8) is 0 Å². The zero-order chi connectivity index (χ0) is 12.6. The highest BCUT2D eigenvalue weighted by Crippen LogP contribution is 2.31. The first kappa shape index (κ1) is 12.0. The molecule has 17 heavy (non-hydrogen) atoms. The van der Waals surface area contributed by atoms with Gasteiger partial charge in [-0.25, -0.2) is 4.98 Å². The van der Waals surface area contributed by atoms with E-state index in [1.807, 2.05) is 0 Å². The van der Waals surface area contributed by atoms with Gasteiger partial charge in [-0.05, 0) is 12.1 Å². The Morgan fingerprint density at radius 1 is 1.41 bits per heavy atom. The van der Waals surface area contributed by atoms with Gasteiger partial charge in [0.05, 0.1) is 5.88 Å². The van der Waals surface area contributed by atoms with Crippen LogP contribution in [0.15, 0.2) is 22.7 Å². The molecule has 2 aromatic rings. The second kappa shape index (κ2) is 4.10. The van der Waals surface area contributed by atoms with Crippen LogP contribution in [0.25, 0.3) is 11.6 Å². The number of hydrogen-bond acceptors (Lipinski definition) is 2. The number of halogens is 4. The highest BCUT2D eigenvalue weighted by atomic mass is 35.5. The molecule has 0 saturated heterocycles. The van der Waals surface area contributed by atoms with E-state index in [0.717, 1.165) is 6.20 Å². The van der Waals surface area contributed by atoms with Gasteiger partial charge in [-0.15, -0.1) is 11.6 Å². The average Bonchev–Trinajstić information content (AvgIpc) is 2.82. The normalized spacial score (nSPS) is 12.1. The van der Waals surface area contributed by atoms with Gasteiger partial charge < -0.3 is 8.98 Å². The van der Waals surface area contributed by atoms with E-state index in [1.165, 1.54) is 11.6 Å². The first-order valence-corrected chi connectivity index (χ1v) is 5.21. The minimum absolute atomic E-state index is 0.119. The summed E-state index contributed by atoms with van der Waals surface area (Å²) in [5, 5.41) is 0. The third-order valence-electron chi connectivity index (χ3n) is 2.18. The summed E-state index contributed by atoms with van der Waals surface area (Å²) in [6, 6.07) is 3.14. The van der Waals surface area contributed by atoms with Crippen LogP contribution in [-0.2, 0) is 19.1 Å². The molecule has 0 radical (unpaired) electrons. The largest absolute Gasteiger partial charge is 0.457 e. The number of nitrogens with zero attached hydrogens (tertiary/aromatic N) is 2. The second-order valence-corrected chi connectivity index (χ2v) is 3.73. The molecule has 0 aromatic carbocycles. The van der Waals surface area contributed by atoms with Crippen molar-refractivity contribution >= 4 is 11.6 Å². The van der Waals surface area contributed by atoms with Crippen molar-refractivity contribution in [2.45, 2.75) is 12.1 Å². The van der Waals surface area contributed by atoms with Crippen LogP contribution >= 0.6 is 11.6 Å².